The predicted molar refractivity (Wildman–Crippen MR) is 62.9 cm³/mol. The molecule has 1 aliphatic carbocycles. The third-order valence-electron chi connectivity index (χ3n) is 2.64. The quantitative estimate of drug-likeness (QED) is 0.794. The van der Waals surface area contributed by atoms with Gasteiger partial charge in [-0.05, 0) is 19.9 Å². The molecule has 0 aromatic carbocycles. The molecule has 1 aliphatic rings. The van der Waals surface area contributed by atoms with E-state index in [9.17, 15) is 0 Å². The van der Waals surface area contributed by atoms with Gasteiger partial charge in [0, 0.05) is 29.8 Å². The lowest BCUT2D eigenvalue weighted by Crippen LogP contribution is -2.06. The molecule has 0 unspecified atom stereocenters. The molecular formula is C11H17N3S. The summed E-state index contributed by atoms with van der Waals surface area (Å²) >= 11 is 1.84. The molecule has 1 saturated carbocycles. The van der Waals surface area contributed by atoms with Crippen LogP contribution in [0.15, 0.2) is 17.6 Å². The van der Waals surface area contributed by atoms with Crippen molar-refractivity contribution < 1.29 is 0 Å². The SMILES string of the molecule is CNCc1cnc(SC2CCCC2)nc1. The fourth-order valence-corrected chi connectivity index (χ4v) is 2.95. The van der Waals surface area contributed by atoms with Gasteiger partial charge in [-0.3, -0.25) is 0 Å². The molecule has 2 rings (SSSR count). The van der Waals surface area contributed by atoms with E-state index in [4.69, 9.17) is 0 Å². The highest BCUT2D eigenvalue weighted by molar-refractivity contribution is 7.99. The molecule has 0 aliphatic heterocycles. The zero-order valence-electron chi connectivity index (χ0n) is 9.07. The van der Waals surface area contributed by atoms with E-state index in [-0.39, 0.29) is 0 Å². The Balaban J connectivity index is 1.91. The highest BCUT2D eigenvalue weighted by Crippen LogP contribution is 2.32. The Labute approximate surface area is 95.1 Å². The van der Waals surface area contributed by atoms with Crippen molar-refractivity contribution in [2.75, 3.05) is 7.05 Å². The van der Waals surface area contributed by atoms with E-state index < -0.39 is 0 Å². The maximum absolute atomic E-state index is 4.37. The monoisotopic (exact) mass is 223 g/mol. The van der Waals surface area contributed by atoms with Crippen LogP contribution in [-0.2, 0) is 6.54 Å². The third kappa shape index (κ3) is 3.18. The fraction of sp³-hybridized carbons (Fsp3) is 0.636. The van der Waals surface area contributed by atoms with Gasteiger partial charge in [0.25, 0.3) is 0 Å². The second kappa shape index (κ2) is 5.47. The first-order valence-electron chi connectivity index (χ1n) is 5.50. The van der Waals surface area contributed by atoms with Gasteiger partial charge in [0.05, 0.1) is 0 Å². The summed E-state index contributed by atoms with van der Waals surface area (Å²) in [5, 5.41) is 4.77. The molecule has 0 spiro atoms. The molecule has 0 amide bonds. The first-order valence-corrected chi connectivity index (χ1v) is 6.38. The van der Waals surface area contributed by atoms with Crippen LogP contribution in [0.2, 0.25) is 0 Å². The molecule has 1 heterocycles. The van der Waals surface area contributed by atoms with Gasteiger partial charge in [-0.15, -0.1) is 0 Å². The standard InChI is InChI=1S/C11H17N3S/c1-12-6-9-7-13-11(14-8-9)15-10-4-2-3-5-10/h7-8,10,12H,2-6H2,1H3. The molecule has 15 heavy (non-hydrogen) atoms. The normalized spacial score (nSPS) is 17.1. The van der Waals surface area contributed by atoms with Crippen LogP contribution >= 0.6 is 11.8 Å². The number of rotatable bonds is 4. The van der Waals surface area contributed by atoms with Crippen molar-refractivity contribution >= 4 is 11.8 Å². The minimum Gasteiger partial charge on any atom is -0.316 e. The Hall–Kier alpha value is -0.610. The van der Waals surface area contributed by atoms with Gasteiger partial charge in [0.15, 0.2) is 5.16 Å². The summed E-state index contributed by atoms with van der Waals surface area (Å²) in [6, 6.07) is 0. The molecule has 0 bridgehead atoms. The number of aromatic nitrogens is 2. The van der Waals surface area contributed by atoms with Crippen molar-refractivity contribution in [3.8, 4) is 0 Å². The zero-order chi connectivity index (χ0) is 10.5. The molecule has 1 aromatic rings. The van der Waals surface area contributed by atoms with Crippen molar-refractivity contribution in [2.45, 2.75) is 42.6 Å². The topological polar surface area (TPSA) is 37.8 Å². The molecule has 0 radical (unpaired) electrons. The molecule has 1 fully saturated rings. The van der Waals surface area contributed by atoms with Gasteiger partial charge in [-0.1, -0.05) is 24.6 Å². The Morgan fingerprint density at radius 2 is 2.00 bits per heavy atom. The molecule has 0 atom stereocenters. The minimum atomic E-state index is 0.750. The second-order valence-electron chi connectivity index (χ2n) is 3.93. The van der Waals surface area contributed by atoms with Crippen molar-refractivity contribution in [3.63, 3.8) is 0 Å². The largest absolute Gasteiger partial charge is 0.316 e. The van der Waals surface area contributed by atoms with Gasteiger partial charge in [0.2, 0.25) is 0 Å². The van der Waals surface area contributed by atoms with Crippen LogP contribution in [0.3, 0.4) is 0 Å². The van der Waals surface area contributed by atoms with Crippen LogP contribution in [0.4, 0.5) is 0 Å². The predicted octanol–water partition coefficient (Wildman–Crippen LogP) is 2.23. The first-order chi connectivity index (χ1) is 7.38. The summed E-state index contributed by atoms with van der Waals surface area (Å²) in [5.41, 5.74) is 1.15. The smallest absolute Gasteiger partial charge is 0.187 e. The Kier molecular flexibility index (Phi) is 3.97. The number of hydrogen-bond acceptors (Lipinski definition) is 4. The summed E-state index contributed by atoms with van der Waals surface area (Å²) in [4.78, 5) is 8.75. The lowest BCUT2D eigenvalue weighted by atomic mass is 10.3. The summed E-state index contributed by atoms with van der Waals surface area (Å²) < 4.78 is 0. The van der Waals surface area contributed by atoms with Crippen molar-refractivity contribution in [1.82, 2.24) is 15.3 Å². The van der Waals surface area contributed by atoms with Gasteiger partial charge in [-0.25, -0.2) is 9.97 Å². The molecule has 4 heteroatoms. The number of nitrogens with one attached hydrogen (secondary N) is 1. The zero-order valence-corrected chi connectivity index (χ0v) is 9.89. The van der Waals surface area contributed by atoms with Gasteiger partial charge in [0.1, 0.15) is 0 Å². The minimum absolute atomic E-state index is 0.750. The van der Waals surface area contributed by atoms with E-state index in [1.54, 1.807) is 0 Å². The maximum atomic E-state index is 4.37. The highest BCUT2D eigenvalue weighted by Gasteiger charge is 2.17. The molecule has 1 N–H and O–H groups in total. The van der Waals surface area contributed by atoms with E-state index in [0.29, 0.717) is 0 Å². The summed E-state index contributed by atoms with van der Waals surface area (Å²) in [5.74, 6) is 0. The molecule has 82 valence electrons. The van der Waals surface area contributed by atoms with Crippen molar-refractivity contribution in [3.05, 3.63) is 18.0 Å². The average Bonchev–Trinajstić information content (AvgIpc) is 2.74. The molecule has 3 nitrogen and oxygen atoms in total. The lowest BCUT2D eigenvalue weighted by Gasteiger charge is -2.06. The Bertz CT molecular complexity index is 293. The van der Waals surface area contributed by atoms with E-state index in [1.165, 1.54) is 25.7 Å². The molecular weight excluding hydrogens is 206 g/mol. The van der Waals surface area contributed by atoms with Crippen molar-refractivity contribution in [1.29, 1.82) is 0 Å². The Morgan fingerprint density at radius 3 is 2.60 bits per heavy atom. The van der Waals surface area contributed by atoms with Crippen LogP contribution < -0.4 is 5.32 Å². The number of hydrogen-bond donors (Lipinski definition) is 1. The van der Waals surface area contributed by atoms with Crippen LogP contribution in [0.1, 0.15) is 31.2 Å². The van der Waals surface area contributed by atoms with Gasteiger partial charge in [-0.2, -0.15) is 0 Å². The highest BCUT2D eigenvalue weighted by atomic mass is 32.2. The van der Waals surface area contributed by atoms with E-state index in [2.05, 4.69) is 15.3 Å². The molecule has 1 aromatic heterocycles. The molecule has 0 saturated heterocycles. The Morgan fingerprint density at radius 1 is 1.33 bits per heavy atom. The van der Waals surface area contributed by atoms with E-state index >= 15 is 0 Å². The van der Waals surface area contributed by atoms with Gasteiger partial charge >= 0.3 is 0 Å². The van der Waals surface area contributed by atoms with Crippen LogP contribution in [0, 0.1) is 0 Å². The van der Waals surface area contributed by atoms with Crippen LogP contribution in [0.5, 0.6) is 0 Å². The fourth-order valence-electron chi connectivity index (χ4n) is 1.85. The third-order valence-corrected chi connectivity index (χ3v) is 3.86. The van der Waals surface area contributed by atoms with Crippen LogP contribution in [0.25, 0.3) is 0 Å². The summed E-state index contributed by atoms with van der Waals surface area (Å²) in [7, 11) is 1.93. The second-order valence-corrected chi connectivity index (χ2v) is 5.20. The van der Waals surface area contributed by atoms with Gasteiger partial charge < -0.3 is 5.32 Å². The number of thioether (sulfide) groups is 1. The van der Waals surface area contributed by atoms with E-state index in [1.807, 2.05) is 31.2 Å². The maximum Gasteiger partial charge on any atom is 0.187 e. The van der Waals surface area contributed by atoms with Crippen molar-refractivity contribution in [2.24, 2.45) is 0 Å². The summed E-state index contributed by atoms with van der Waals surface area (Å²) in [6.07, 6.45) is 9.23. The van der Waals surface area contributed by atoms with Crippen LogP contribution in [-0.4, -0.2) is 22.3 Å². The lowest BCUT2D eigenvalue weighted by molar-refractivity contribution is 0.791. The summed E-state index contributed by atoms with van der Waals surface area (Å²) in [6.45, 7) is 0.842. The average molecular weight is 223 g/mol. The van der Waals surface area contributed by atoms with E-state index in [0.717, 1.165) is 22.5 Å². The first kappa shape index (κ1) is 10.9. The number of nitrogens with zero attached hydrogens (tertiary/aromatic N) is 2.